The summed E-state index contributed by atoms with van der Waals surface area (Å²) in [7, 11) is 1.61. The second-order valence-corrected chi connectivity index (χ2v) is 7.97. The Bertz CT molecular complexity index is 1070. The van der Waals surface area contributed by atoms with Crippen molar-refractivity contribution in [2.75, 3.05) is 20.2 Å². The minimum Gasteiger partial charge on any atom is -0.496 e. The summed E-state index contributed by atoms with van der Waals surface area (Å²) in [6.45, 7) is 1.25. The minimum atomic E-state index is -0.138. The number of aromatic amines is 1. The number of fused-ring (bicyclic) bond motifs is 1. The van der Waals surface area contributed by atoms with Crippen molar-refractivity contribution in [2.45, 2.75) is 25.3 Å². The molecule has 0 radical (unpaired) electrons. The van der Waals surface area contributed by atoms with Crippen LogP contribution in [0.3, 0.4) is 0 Å². The van der Waals surface area contributed by atoms with Crippen LogP contribution in [0.5, 0.6) is 5.75 Å². The highest BCUT2D eigenvalue weighted by Gasteiger charge is 2.25. The number of aromatic nitrogens is 1. The van der Waals surface area contributed by atoms with Crippen molar-refractivity contribution in [1.82, 2.24) is 15.2 Å². The lowest BCUT2D eigenvalue weighted by Gasteiger charge is -2.32. The summed E-state index contributed by atoms with van der Waals surface area (Å²) in [5.74, 6) is 0.672. The minimum absolute atomic E-state index is 0.0443. The predicted molar refractivity (Wildman–Crippen MR) is 117 cm³/mol. The number of carbonyl (C=O) groups is 2. The number of H-pyrrole nitrogens is 1. The first-order chi connectivity index (χ1) is 14.5. The number of methoxy groups -OCH3 is 1. The van der Waals surface area contributed by atoms with Gasteiger partial charge in [0.1, 0.15) is 11.4 Å². The first-order valence-corrected chi connectivity index (χ1v) is 10.4. The number of nitrogens with zero attached hydrogens (tertiary/aromatic N) is 1. The molecule has 0 atom stereocenters. The maximum absolute atomic E-state index is 12.7. The van der Waals surface area contributed by atoms with Crippen molar-refractivity contribution in [3.8, 4) is 5.75 Å². The van der Waals surface area contributed by atoms with Gasteiger partial charge in [-0.2, -0.15) is 0 Å². The van der Waals surface area contributed by atoms with Gasteiger partial charge in [0.2, 0.25) is 5.91 Å². The van der Waals surface area contributed by atoms with Gasteiger partial charge in [0.25, 0.3) is 5.91 Å². The molecule has 0 saturated carbocycles. The first-order valence-electron chi connectivity index (χ1n) is 10.0. The lowest BCUT2D eigenvalue weighted by molar-refractivity contribution is -0.131. The first kappa shape index (κ1) is 20.3. The standard InChI is InChI=1S/C23H24ClN3O3/c1-30-21-5-3-2-4-16(21)13-22(28)27-10-8-18(9-11-27)25-23(29)20-12-15-6-7-17(24)14-19(15)26-20/h2-7,12,14,18,26H,8-11,13H2,1H3,(H,25,29). The Hall–Kier alpha value is -2.99. The van der Waals surface area contributed by atoms with Gasteiger partial charge in [-0.1, -0.05) is 35.9 Å². The van der Waals surface area contributed by atoms with E-state index in [1.807, 2.05) is 41.3 Å². The fraction of sp³-hybridized carbons (Fsp3) is 0.304. The monoisotopic (exact) mass is 425 g/mol. The van der Waals surface area contributed by atoms with Gasteiger partial charge in [0.15, 0.2) is 0 Å². The molecule has 7 heteroatoms. The molecule has 1 saturated heterocycles. The van der Waals surface area contributed by atoms with Crippen LogP contribution < -0.4 is 10.1 Å². The molecule has 2 aromatic carbocycles. The van der Waals surface area contributed by atoms with Gasteiger partial charge in [0, 0.05) is 40.6 Å². The van der Waals surface area contributed by atoms with Crippen LogP contribution in [0.2, 0.25) is 5.02 Å². The molecule has 30 heavy (non-hydrogen) atoms. The molecule has 156 valence electrons. The largest absolute Gasteiger partial charge is 0.496 e. The average molecular weight is 426 g/mol. The number of halogens is 1. The number of nitrogens with one attached hydrogen (secondary N) is 2. The maximum Gasteiger partial charge on any atom is 0.267 e. The van der Waals surface area contributed by atoms with E-state index in [-0.39, 0.29) is 17.9 Å². The van der Waals surface area contributed by atoms with Crippen LogP contribution in [0.15, 0.2) is 48.5 Å². The molecule has 2 heterocycles. The molecule has 2 N–H and O–H groups in total. The van der Waals surface area contributed by atoms with Crippen LogP contribution in [0.25, 0.3) is 10.9 Å². The molecule has 1 aromatic heterocycles. The molecule has 2 amide bonds. The van der Waals surface area contributed by atoms with Crippen molar-refractivity contribution >= 4 is 34.3 Å². The fourth-order valence-electron chi connectivity index (χ4n) is 3.88. The van der Waals surface area contributed by atoms with Crippen LogP contribution in [0.4, 0.5) is 0 Å². The summed E-state index contributed by atoms with van der Waals surface area (Å²) in [6, 6.07) is 14.9. The summed E-state index contributed by atoms with van der Waals surface area (Å²) in [6.07, 6.45) is 1.78. The van der Waals surface area contributed by atoms with Crippen molar-refractivity contribution in [2.24, 2.45) is 0 Å². The van der Waals surface area contributed by atoms with E-state index in [4.69, 9.17) is 16.3 Å². The number of para-hydroxylation sites is 1. The number of amides is 2. The molecule has 0 unspecified atom stereocenters. The normalized spacial score (nSPS) is 14.7. The lowest BCUT2D eigenvalue weighted by Crippen LogP contribution is -2.47. The van der Waals surface area contributed by atoms with E-state index in [9.17, 15) is 9.59 Å². The van der Waals surface area contributed by atoms with Crippen molar-refractivity contribution < 1.29 is 14.3 Å². The maximum atomic E-state index is 12.7. The number of ether oxygens (including phenoxy) is 1. The third-order valence-electron chi connectivity index (χ3n) is 5.55. The fourth-order valence-corrected chi connectivity index (χ4v) is 4.05. The zero-order valence-electron chi connectivity index (χ0n) is 16.8. The summed E-state index contributed by atoms with van der Waals surface area (Å²) >= 11 is 6.01. The van der Waals surface area contributed by atoms with Gasteiger partial charge in [-0.25, -0.2) is 0 Å². The van der Waals surface area contributed by atoms with Crippen molar-refractivity contribution in [1.29, 1.82) is 0 Å². The predicted octanol–water partition coefficient (Wildman–Crippen LogP) is 3.79. The quantitative estimate of drug-likeness (QED) is 0.653. The molecule has 6 nitrogen and oxygen atoms in total. The van der Waals surface area contributed by atoms with E-state index in [1.54, 1.807) is 19.2 Å². The smallest absolute Gasteiger partial charge is 0.267 e. The van der Waals surface area contributed by atoms with E-state index in [0.717, 1.165) is 35.1 Å². The molecule has 1 fully saturated rings. The Balaban J connectivity index is 1.31. The molecule has 0 bridgehead atoms. The van der Waals surface area contributed by atoms with Gasteiger partial charge < -0.3 is 19.9 Å². The third kappa shape index (κ3) is 4.44. The number of piperidine rings is 1. The zero-order valence-corrected chi connectivity index (χ0v) is 17.5. The van der Waals surface area contributed by atoms with Gasteiger partial charge in [-0.3, -0.25) is 9.59 Å². The number of rotatable bonds is 5. The number of benzene rings is 2. The van der Waals surface area contributed by atoms with Crippen LogP contribution >= 0.6 is 11.6 Å². The summed E-state index contributed by atoms with van der Waals surface area (Å²) in [5.41, 5.74) is 2.24. The second kappa shape index (κ2) is 8.79. The molecule has 3 aromatic rings. The lowest BCUT2D eigenvalue weighted by atomic mass is 10.0. The van der Waals surface area contributed by atoms with Gasteiger partial charge in [0.05, 0.1) is 13.5 Å². The summed E-state index contributed by atoms with van der Waals surface area (Å²) in [5, 5.41) is 4.65. The van der Waals surface area contributed by atoms with Crippen LogP contribution in [0.1, 0.15) is 28.9 Å². The van der Waals surface area contributed by atoms with Crippen LogP contribution in [-0.2, 0) is 11.2 Å². The van der Waals surface area contributed by atoms with Gasteiger partial charge in [-0.15, -0.1) is 0 Å². The molecule has 4 rings (SSSR count). The number of hydrogen-bond donors (Lipinski definition) is 2. The van der Waals surface area contributed by atoms with E-state index in [2.05, 4.69) is 10.3 Å². The van der Waals surface area contributed by atoms with Gasteiger partial charge >= 0.3 is 0 Å². The van der Waals surface area contributed by atoms with E-state index in [1.165, 1.54) is 0 Å². The Morgan fingerprint density at radius 3 is 2.70 bits per heavy atom. The topological polar surface area (TPSA) is 74.4 Å². The number of hydrogen-bond acceptors (Lipinski definition) is 3. The Morgan fingerprint density at radius 1 is 1.17 bits per heavy atom. The highest BCUT2D eigenvalue weighted by Crippen LogP contribution is 2.22. The third-order valence-corrected chi connectivity index (χ3v) is 5.78. The molecular formula is C23H24ClN3O3. The Kier molecular flexibility index (Phi) is 5.95. The van der Waals surface area contributed by atoms with E-state index in [0.29, 0.717) is 30.2 Å². The van der Waals surface area contributed by atoms with E-state index >= 15 is 0 Å². The van der Waals surface area contributed by atoms with Crippen molar-refractivity contribution in [3.63, 3.8) is 0 Å². The molecule has 0 aliphatic carbocycles. The molecule has 1 aliphatic rings. The summed E-state index contributed by atoms with van der Waals surface area (Å²) in [4.78, 5) is 30.3. The van der Waals surface area contributed by atoms with Crippen LogP contribution in [0, 0.1) is 0 Å². The SMILES string of the molecule is COc1ccccc1CC(=O)N1CCC(NC(=O)c2cc3ccc(Cl)cc3[nH]2)CC1. The highest BCUT2D eigenvalue weighted by molar-refractivity contribution is 6.31. The molecule has 1 aliphatic heterocycles. The number of likely N-dealkylation sites (tertiary alicyclic amines) is 1. The number of carbonyl (C=O) groups excluding carboxylic acids is 2. The van der Waals surface area contributed by atoms with Crippen LogP contribution in [-0.4, -0.2) is 47.9 Å². The Morgan fingerprint density at radius 2 is 1.93 bits per heavy atom. The average Bonchev–Trinajstić information content (AvgIpc) is 3.18. The summed E-state index contributed by atoms with van der Waals surface area (Å²) < 4.78 is 5.34. The molecule has 0 spiro atoms. The van der Waals surface area contributed by atoms with Crippen molar-refractivity contribution in [3.05, 3.63) is 64.8 Å². The molecular weight excluding hydrogens is 402 g/mol. The highest BCUT2D eigenvalue weighted by atomic mass is 35.5. The second-order valence-electron chi connectivity index (χ2n) is 7.53. The Labute approximate surface area is 180 Å². The van der Waals surface area contributed by atoms with Gasteiger partial charge in [-0.05, 0) is 37.1 Å². The zero-order chi connectivity index (χ0) is 21.1. The van der Waals surface area contributed by atoms with E-state index < -0.39 is 0 Å².